The molecule has 0 radical (unpaired) electrons. The van der Waals surface area contributed by atoms with Crippen LogP contribution in [-0.4, -0.2) is 332 Å². The maximum atomic E-state index is 11.7. The van der Waals surface area contributed by atoms with E-state index in [1.165, 1.54) is 0 Å². The monoisotopic (exact) mass is 1670 g/mol. The van der Waals surface area contributed by atoms with Crippen LogP contribution in [0, 0.1) is 0 Å². The Morgan fingerprint density at radius 1 is 0.340 bits per heavy atom. The molecule has 0 saturated carbocycles. The SMILES string of the molecule is CC1OC(COS(=O)(=O)[O-])CC(OS(=O)(=O)[O-])C1OS(=O)(=O)[O-].COC1C(OS(=O)(=O)[O-])COC(C(=O)[O-])C1OC1OC(COS(=O)(=O)[O-])C(OC)C(OC)C1OS(=O)(=O)[O-].COC1C(OS(=O)(=O)[O-])COC(C(=O)[O-])C1OC1OC(COS(=O)(=O)[O-])CC(OS(=O)(=O)[O-])C1OS(=O)(=O)[O-]. The number of methoxy groups -OCH3 is 4. The molecule has 0 bridgehead atoms. The van der Waals surface area contributed by atoms with E-state index < -0.39 is 290 Å². The first-order valence-corrected chi connectivity index (χ1v) is 38.8. The molecule has 5 heterocycles. The van der Waals surface area contributed by atoms with Crippen molar-refractivity contribution in [2.45, 2.75) is 148 Å². The molecule has 0 N–H and O–H groups in total. The molecule has 100 heavy (non-hydrogen) atoms. The lowest BCUT2D eigenvalue weighted by molar-refractivity contribution is -0.353. The summed E-state index contributed by atoms with van der Waals surface area (Å²) in [5.41, 5.74) is 0. The average molecular weight is 1670 g/mol. The lowest BCUT2D eigenvalue weighted by Crippen LogP contribution is -2.66. The van der Waals surface area contributed by atoms with Crippen LogP contribution in [0.25, 0.3) is 0 Å². The first kappa shape index (κ1) is 91.4. The molecular weight excluding hydrogens is 1620 g/mol. The maximum absolute atomic E-state index is 11.7. The van der Waals surface area contributed by atoms with Crippen LogP contribution in [0.2, 0.25) is 0 Å². The molecule has 5 fully saturated rings. The van der Waals surface area contributed by atoms with Gasteiger partial charge in [0, 0.05) is 41.3 Å². The van der Waals surface area contributed by atoms with E-state index in [2.05, 4.69) is 41.8 Å². The third-order valence-electron chi connectivity index (χ3n) is 12.6. The van der Waals surface area contributed by atoms with Crippen LogP contribution in [0.4, 0.5) is 0 Å². The highest BCUT2D eigenvalue weighted by molar-refractivity contribution is 7.82. The molecule has 0 aromatic heterocycles. The van der Waals surface area contributed by atoms with Crippen molar-refractivity contribution in [3.05, 3.63) is 0 Å². The van der Waals surface area contributed by atoms with Gasteiger partial charge in [-0.05, 0) is 6.92 Å². The van der Waals surface area contributed by atoms with Crippen molar-refractivity contribution in [2.24, 2.45) is 0 Å². The van der Waals surface area contributed by atoms with Crippen LogP contribution in [0.1, 0.15) is 19.8 Å². The van der Waals surface area contributed by atoms with E-state index in [1.807, 2.05) is 0 Å². The standard InChI is InChI=1S/C15H26O20S3.C13H22O22S4.C7H14O13S3/c1-27-8-6(5-31-36(18,19)20)32-15(13(10(8)29-3)35-38(24,25)26)33-11-9(28-2)7(34-37(21,22)23)4-30-12(11)14(16)17;1-28-8-7(34-38(22,23)24)4-29-11(12(14)15)10(8)32-13-9(35-39(25,26)27)6(33-37(19,20)21)2-5(31-13)3-30-36(16,17)18;1-4-7(20-23(14,15)16)6(19-22(11,12)13)2-5(18-4)3-17-21(8,9)10/h6-13,15H,4-5H2,1-3H3,(H,16,17)(H,18,19,20)(H,21,22,23)(H,24,25,26);5-11,13H,2-4H2,1H3,(H,14,15)(H,16,17,18)(H,19,20,21)(H,22,23,24)(H,25,26,27);4-7H,2-3H2,1H3,(H,8,9,10)(H,11,12,13)(H,14,15,16)/p-12. The molecule has 21 atom stereocenters. The van der Waals surface area contributed by atoms with Gasteiger partial charge in [-0.2, -0.15) is 0 Å². The molecule has 5 rings (SSSR count). The molecule has 0 amide bonds. The number of rotatable bonds is 33. The maximum Gasteiger partial charge on any atom is 0.218 e. The fourth-order valence-corrected chi connectivity index (χ4v) is 13.7. The minimum Gasteiger partial charge on any atom is -0.726 e. The number of ether oxygens (including phenoxy) is 11. The third-order valence-corrected chi connectivity index (χ3v) is 17.2. The number of carbonyl (C=O) groups excluding carboxylic acids is 2. The fraction of sp³-hybridized carbons (Fsp3) is 0.943. The summed E-state index contributed by atoms with van der Waals surface area (Å²) >= 11 is 0. The van der Waals surface area contributed by atoms with Gasteiger partial charge in [0.05, 0.1) is 63.3 Å². The number of aliphatic carboxylic acids is 2. The number of carbonyl (C=O) groups is 2. The normalized spacial score (nSPS) is 33.2. The minimum absolute atomic E-state index is 0.596. The number of hydrogen-bond donors (Lipinski definition) is 0. The van der Waals surface area contributed by atoms with E-state index >= 15 is 0 Å². The Bertz CT molecular complexity index is 3910. The van der Waals surface area contributed by atoms with Crippen molar-refractivity contribution in [3.63, 3.8) is 0 Å². The first-order chi connectivity index (χ1) is 45.1. The topological polar surface area (TPSA) is 846 Å². The van der Waals surface area contributed by atoms with E-state index in [-0.39, 0.29) is 0 Å². The molecule has 592 valence electrons. The van der Waals surface area contributed by atoms with Gasteiger partial charge in [0.2, 0.25) is 104 Å². The summed E-state index contributed by atoms with van der Waals surface area (Å²) in [7, 11) is -50.6. The van der Waals surface area contributed by atoms with Crippen LogP contribution >= 0.6 is 0 Å². The van der Waals surface area contributed by atoms with Gasteiger partial charge in [-0.15, -0.1) is 0 Å². The Hall–Kier alpha value is -2.80. The summed E-state index contributed by atoms with van der Waals surface area (Å²) in [6, 6.07) is 0. The Labute approximate surface area is 566 Å². The lowest BCUT2D eigenvalue weighted by Gasteiger charge is -2.48. The van der Waals surface area contributed by atoms with Crippen molar-refractivity contribution < 1.29 is 243 Å². The number of carboxylic acid groups (broad SMARTS) is 2. The van der Waals surface area contributed by atoms with Crippen LogP contribution in [0.5, 0.6) is 0 Å². The zero-order valence-electron chi connectivity index (χ0n) is 49.6. The van der Waals surface area contributed by atoms with Gasteiger partial charge in [-0.1, -0.05) is 0 Å². The summed E-state index contributed by atoms with van der Waals surface area (Å²) in [6.07, 6.45) is -41.9. The largest absolute Gasteiger partial charge is 0.726 e. The van der Waals surface area contributed by atoms with Crippen LogP contribution < -0.4 is 10.2 Å². The summed E-state index contributed by atoms with van der Waals surface area (Å²) < 4.78 is 426. The highest BCUT2D eigenvalue weighted by Gasteiger charge is 2.55. The fourth-order valence-electron chi connectivity index (χ4n) is 9.34. The molecule has 65 heteroatoms. The van der Waals surface area contributed by atoms with Crippen LogP contribution in [0.15, 0.2) is 0 Å². The van der Waals surface area contributed by atoms with Crippen molar-refractivity contribution in [1.29, 1.82) is 0 Å². The molecule has 0 aromatic carbocycles. The summed E-state index contributed by atoms with van der Waals surface area (Å²) in [5, 5.41) is 23.3. The zero-order valence-corrected chi connectivity index (χ0v) is 57.8. The quantitative estimate of drug-likeness (QED) is 0.0435. The van der Waals surface area contributed by atoms with E-state index in [0.29, 0.717) is 0 Å². The predicted octanol–water partition coefficient (Wildman–Crippen LogP) is -14.5. The predicted molar refractivity (Wildman–Crippen MR) is 272 cm³/mol. The van der Waals surface area contributed by atoms with Gasteiger partial charge in [0.15, 0.2) is 24.8 Å². The molecule has 5 saturated heterocycles. The molecule has 0 aliphatic carbocycles. The molecule has 5 aliphatic heterocycles. The van der Waals surface area contributed by atoms with E-state index in [0.717, 1.165) is 35.4 Å². The second kappa shape index (κ2) is 36.7. The number of carboxylic acids is 2. The van der Waals surface area contributed by atoms with Crippen molar-refractivity contribution >= 4 is 116 Å². The average Bonchev–Trinajstić information content (AvgIpc) is 0.779. The van der Waals surface area contributed by atoms with Crippen molar-refractivity contribution in [2.75, 3.05) is 61.5 Å². The second-order valence-corrected chi connectivity index (χ2v) is 29.6. The van der Waals surface area contributed by atoms with E-state index in [9.17, 15) is 150 Å². The minimum atomic E-state index is -5.82. The molecule has 5 aliphatic rings. The van der Waals surface area contributed by atoms with E-state index in [4.69, 9.17) is 52.1 Å². The summed E-state index contributed by atoms with van der Waals surface area (Å²) in [5.74, 6) is -4.04. The molecule has 0 aromatic rings. The van der Waals surface area contributed by atoms with Crippen LogP contribution in [-0.2, 0) is 208 Å². The molecule has 21 unspecified atom stereocenters. The molecule has 55 nitrogen and oxygen atoms in total. The highest BCUT2D eigenvalue weighted by atomic mass is 32.3. The summed E-state index contributed by atoms with van der Waals surface area (Å²) in [4.78, 5) is 23.3. The Kier molecular flexibility index (Phi) is 33.5. The van der Waals surface area contributed by atoms with Gasteiger partial charge in [-0.25, -0.2) is 84.2 Å². The molecule has 0 spiro atoms. The first-order valence-electron chi connectivity index (χ1n) is 25.5. The van der Waals surface area contributed by atoms with Gasteiger partial charge in [0.1, 0.15) is 85.5 Å². The van der Waals surface area contributed by atoms with Gasteiger partial charge in [0.25, 0.3) is 0 Å². The second-order valence-electron chi connectivity index (χ2n) is 19.4. The zero-order chi connectivity index (χ0) is 77.1. The van der Waals surface area contributed by atoms with Crippen molar-refractivity contribution in [1.82, 2.24) is 0 Å². The van der Waals surface area contributed by atoms with Gasteiger partial charge >= 0.3 is 0 Å². The van der Waals surface area contributed by atoms with Gasteiger partial charge < -0.3 is 117 Å². The van der Waals surface area contributed by atoms with E-state index in [1.54, 1.807) is 0 Å². The summed E-state index contributed by atoms with van der Waals surface area (Å²) in [6.45, 7) is -3.78. The Morgan fingerprint density at radius 3 is 0.970 bits per heavy atom. The lowest BCUT2D eigenvalue weighted by atomic mass is 9.97. The highest BCUT2D eigenvalue weighted by Crippen LogP contribution is 2.36. The Morgan fingerprint density at radius 2 is 0.640 bits per heavy atom. The molecular formula is C35H50O55S10-12. The third kappa shape index (κ3) is 32.9. The van der Waals surface area contributed by atoms with Gasteiger partial charge in [-0.3, -0.25) is 41.8 Å². The number of hydrogen-bond acceptors (Lipinski definition) is 55. The Balaban J connectivity index is 0.000000404. The van der Waals surface area contributed by atoms with Crippen molar-refractivity contribution in [3.8, 4) is 0 Å². The smallest absolute Gasteiger partial charge is 0.218 e. The van der Waals surface area contributed by atoms with Crippen LogP contribution in [0.3, 0.4) is 0 Å².